The van der Waals surface area contributed by atoms with Gasteiger partial charge in [0.15, 0.2) is 0 Å². The Labute approximate surface area is 247 Å². The number of hydrogen-bond donors (Lipinski definition) is 1. The summed E-state index contributed by atoms with van der Waals surface area (Å²) in [6.07, 6.45) is 0.751. The van der Waals surface area contributed by atoms with Crippen LogP contribution >= 0.6 is 11.6 Å². The lowest BCUT2D eigenvalue weighted by atomic mass is 9.85. The van der Waals surface area contributed by atoms with Crippen LogP contribution in [-0.4, -0.2) is 54.0 Å². The third kappa shape index (κ3) is 7.60. The van der Waals surface area contributed by atoms with E-state index in [2.05, 4.69) is 18.2 Å². The Bertz CT molecular complexity index is 1400. The quantitative estimate of drug-likeness (QED) is 0.289. The average Bonchev–Trinajstić information content (AvgIpc) is 2.94. The lowest BCUT2D eigenvalue weighted by molar-refractivity contribution is 0.00195. The molecule has 0 radical (unpaired) electrons. The molecular weight excluding hydrogens is 542 g/mol. The number of amides is 1. The summed E-state index contributed by atoms with van der Waals surface area (Å²) in [6, 6.07) is 18.4. The number of halogens is 1. The third-order valence-electron chi connectivity index (χ3n) is 7.10. The highest BCUT2D eigenvalue weighted by Crippen LogP contribution is 2.35. The molecule has 3 aromatic carbocycles. The minimum Gasteiger partial charge on any atom is -0.496 e. The molecular formula is C33H38ClNO6. The first-order valence-corrected chi connectivity index (χ1v) is 14.3. The van der Waals surface area contributed by atoms with E-state index in [4.69, 9.17) is 25.8 Å². The number of fused-ring (bicyclic) bond motifs is 1. The van der Waals surface area contributed by atoms with Gasteiger partial charge in [0.05, 0.1) is 31.9 Å². The first-order valence-electron chi connectivity index (χ1n) is 13.9. The fourth-order valence-corrected chi connectivity index (χ4v) is 5.34. The van der Waals surface area contributed by atoms with Crippen molar-refractivity contribution in [1.82, 2.24) is 4.90 Å². The number of ether oxygens (including phenoxy) is 3. The molecule has 0 bridgehead atoms. The monoisotopic (exact) mass is 579 g/mol. The number of aliphatic hydroxyl groups is 1. The van der Waals surface area contributed by atoms with Crippen molar-refractivity contribution in [3.05, 3.63) is 87.9 Å². The third-order valence-corrected chi connectivity index (χ3v) is 7.34. The molecule has 0 fully saturated rings. The Morgan fingerprint density at radius 1 is 1.07 bits per heavy atom. The zero-order valence-corrected chi connectivity index (χ0v) is 25.0. The maximum Gasteiger partial charge on any atom is 0.410 e. The molecule has 0 saturated heterocycles. The maximum atomic E-state index is 13.4. The van der Waals surface area contributed by atoms with E-state index in [-0.39, 0.29) is 12.6 Å². The van der Waals surface area contributed by atoms with Crippen LogP contribution in [0.25, 0.3) is 11.1 Å². The van der Waals surface area contributed by atoms with Gasteiger partial charge in [0.2, 0.25) is 0 Å². The van der Waals surface area contributed by atoms with Crippen LogP contribution in [0.4, 0.5) is 4.79 Å². The summed E-state index contributed by atoms with van der Waals surface area (Å²) in [4.78, 5) is 27.3. The lowest BCUT2D eigenvalue weighted by Crippen LogP contribution is -2.47. The van der Waals surface area contributed by atoms with Crippen LogP contribution in [0, 0.1) is 0 Å². The fraction of sp³-hybridized carbons (Fsp3) is 0.394. The van der Waals surface area contributed by atoms with Crippen molar-refractivity contribution in [3.8, 4) is 16.9 Å². The first-order chi connectivity index (χ1) is 19.5. The fourth-order valence-electron chi connectivity index (χ4n) is 5.14. The molecule has 0 spiro atoms. The summed E-state index contributed by atoms with van der Waals surface area (Å²) in [5.41, 5.74) is 4.51. The van der Waals surface area contributed by atoms with Crippen LogP contribution in [0.15, 0.2) is 60.7 Å². The molecule has 0 heterocycles. The van der Waals surface area contributed by atoms with Crippen LogP contribution in [-0.2, 0) is 22.3 Å². The smallest absolute Gasteiger partial charge is 0.410 e. The predicted octanol–water partition coefficient (Wildman–Crippen LogP) is 7.02. The zero-order valence-electron chi connectivity index (χ0n) is 24.3. The highest BCUT2D eigenvalue weighted by atomic mass is 35.5. The van der Waals surface area contributed by atoms with Crippen LogP contribution in [0.1, 0.15) is 67.3 Å². The number of rotatable bonds is 8. The molecule has 0 unspecified atom stereocenters. The van der Waals surface area contributed by atoms with Gasteiger partial charge in [-0.3, -0.25) is 0 Å². The van der Waals surface area contributed by atoms with Gasteiger partial charge in [-0.1, -0.05) is 41.9 Å². The summed E-state index contributed by atoms with van der Waals surface area (Å²) >= 11 is 6.16. The molecule has 0 aliphatic heterocycles. The Kier molecular flexibility index (Phi) is 9.61. The molecule has 4 rings (SSSR count). The highest BCUT2D eigenvalue weighted by molar-refractivity contribution is 6.30. The number of aliphatic hydroxyl groups excluding tert-OH is 1. The van der Waals surface area contributed by atoms with Gasteiger partial charge in [0, 0.05) is 16.6 Å². The molecule has 218 valence electrons. The van der Waals surface area contributed by atoms with E-state index in [1.54, 1.807) is 55.3 Å². The largest absolute Gasteiger partial charge is 0.496 e. The first kappa shape index (κ1) is 30.4. The van der Waals surface area contributed by atoms with Crippen LogP contribution < -0.4 is 4.74 Å². The maximum absolute atomic E-state index is 13.4. The minimum atomic E-state index is -0.920. The molecule has 1 amide bonds. The summed E-state index contributed by atoms with van der Waals surface area (Å²) in [5, 5.41) is 11.6. The standard InChI is InChI=1S/C33H38ClNO6/c1-6-40-31(37)24-13-15-28(30(19-24)39-5)22-11-10-21-12-14-27(18-25(21)16-22)35(32(38)41-33(2,3)4)20-29(36)23-8-7-9-26(34)17-23/h7-11,13,15-17,19,27,29,36H,6,12,14,18,20H2,1-5H3/t27-,29+/m0/s1. The summed E-state index contributed by atoms with van der Waals surface area (Å²) in [7, 11) is 1.58. The van der Waals surface area contributed by atoms with E-state index in [1.165, 1.54) is 5.56 Å². The van der Waals surface area contributed by atoms with Crippen molar-refractivity contribution in [2.45, 2.75) is 64.7 Å². The van der Waals surface area contributed by atoms with Gasteiger partial charge in [0.25, 0.3) is 0 Å². The van der Waals surface area contributed by atoms with Crippen LogP contribution in [0.3, 0.4) is 0 Å². The van der Waals surface area contributed by atoms with Gasteiger partial charge in [-0.05, 0) is 99.5 Å². The molecule has 0 aromatic heterocycles. The Hall–Kier alpha value is -3.55. The molecule has 1 N–H and O–H groups in total. The van der Waals surface area contributed by atoms with E-state index in [0.29, 0.717) is 34.9 Å². The zero-order chi connectivity index (χ0) is 29.7. The number of methoxy groups -OCH3 is 1. The number of hydrogen-bond acceptors (Lipinski definition) is 6. The molecule has 7 nitrogen and oxygen atoms in total. The lowest BCUT2D eigenvalue weighted by Gasteiger charge is -2.37. The van der Waals surface area contributed by atoms with Gasteiger partial charge < -0.3 is 24.2 Å². The molecule has 0 saturated carbocycles. The Morgan fingerprint density at radius 2 is 1.85 bits per heavy atom. The molecule has 2 atom stereocenters. The van der Waals surface area contributed by atoms with Crippen molar-refractivity contribution in [1.29, 1.82) is 0 Å². The summed E-state index contributed by atoms with van der Waals surface area (Å²) in [6.45, 7) is 7.65. The van der Waals surface area contributed by atoms with Crippen molar-refractivity contribution >= 4 is 23.7 Å². The summed E-state index contributed by atoms with van der Waals surface area (Å²) < 4.78 is 16.5. The SMILES string of the molecule is CCOC(=O)c1ccc(-c2ccc3c(c2)C[C@@H](N(C[C@@H](O)c2cccc(Cl)c2)C(=O)OC(C)(C)C)CC3)c(OC)c1. The second kappa shape index (κ2) is 13.0. The number of nitrogens with zero attached hydrogens (tertiary/aromatic N) is 1. The van der Waals surface area contributed by atoms with Crippen molar-refractivity contribution < 1.29 is 28.9 Å². The Balaban J connectivity index is 1.62. The molecule has 3 aromatic rings. The molecule has 8 heteroatoms. The van der Waals surface area contributed by atoms with E-state index in [0.717, 1.165) is 29.5 Å². The number of carbonyl (C=O) groups excluding carboxylic acids is 2. The highest BCUT2D eigenvalue weighted by Gasteiger charge is 2.33. The van der Waals surface area contributed by atoms with E-state index in [1.807, 2.05) is 26.8 Å². The van der Waals surface area contributed by atoms with E-state index >= 15 is 0 Å². The van der Waals surface area contributed by atoms with Gasteiger partial charge in [-0.15, -0.1) is 0 Å². The van der Waals surface area contributed by atoms with E-state index < -0.39 is 23.8 Å². The van der Waals surface area contributed by atoms with Crippen molar-refractivity contribution in [2.75, 3.05) is 20.3 Å². The van der Waals surface area contributed by atoms with Gasteiger partial charge in [-0.25, -0.2) is 9.59 Å². The predicted molar refractivity (Wildman–Crippen MR) is 160 cm³/mol. The average molecular weight is 580 g/mol. The second-order valence-electron chi connectivity index (χ2n) is 11.2. The molecule has 41 heavy (non-hydrogen) atoms. The minimum absolute atomic E-state index is 0.0814. The molecule has 1 aliphatic rings. The van der Waals surface area contributed by atoms with Gasteiger partial charge >= 0.3 is 12.1 Å². The van der Waals surface area contributed by atoms with Crippen molar-refractivity contribution in [2.24, 2.45) is 0 Å². The van der Waals surface area contributed by atoms with Gasteiger partial charge in [-0.2, -0.15) is 0 Å². The molecule has 1 aliphatic carbocycles. The van der Waals surface area contributed by atoms with Crippen LogP contribution in [0.2, 0.25) is 5.02 Å². The second-order valence-corrected chi connectivity index (χ2v) is 11.7. The van der Waals surface area contributed by atoms with Crippen molar-refractivity contribution in [3.63, 3.8) is 0 Å². The number of benzene rings is 3. The number of esters is 1. The van der Waals surface area contributed by atoms with Gasteiger partial charge in [0.1, 0.15) is 11.4 Å². The van der Waals surface area contributed by atoms with E-state index in [9.17, 15) is 14.7 Å². The Morgan fingerprint density at radius 3 is 2.54 bits per heavy atom. The topological polar surface area (TPSA) is 85.3 Å². The normalized spacial score (nSPS) is 15.4. The van der Waals surface area contributed by atoms with Crippen LogP contribution in [0.5, 0.6) is 5.75 Å². The number of aryl methyl sites for hydroxylation is 1. The summed E-state index contributed by atoms with van der Waals surface area (Å²) in [5.74, 6) is 0.177. The number of carbonyl (C=O) groups is 2.